The van der Waals surface area contributed by atoms with E-state index >= 15 is 0 Å². The van der Waals surface area contributed by atoms with Crippen molar-refractivity contribution in [3.63, 3.8) is 0 Å². The van der Waals surface area contributed by atoms with Crippen LogP contribution in [0.5, 0.6) is 0 Å². The van der Waals surface area contributed by atoms with Crippen LogP contribution in [0.25, 0.3) is 0 Å². The van der Waals surface area contributed by atoms with Gasteiger partial charge in [-0.2, -0.15) is 4.98 Å². The standard InChI is InChI=1S/C14H22N4O3S/c1-6-13-16-12(17-21-13)8-22(19,20)14-15-10(4)11(5)18(14)7-9(2)3/h9H,6-8H2,1-5H3. The Kier molecular flexibility index (Phi) is 4.69. The minimum atomic E-state index is -3.62. The molecular formula is C14H22N4O3S. The van der Waals surface area contributed by atoms with Gasteiger partial charge in [-0.3, -0.25) is 0 Å². The van der Waals surface area contributed by atoms with Crippen LogP contribution in [0, 0.1) is 19.8 Å². The van der Waals surface area contributed by atoms with E-state index in [1.807, 2.05) is 34.6 Å². The van der Waals surface area contributed by atoms with E-state index in [1.54, 1.807) is 4.57 Å². The number of hydrogen-bond acceptors (Lipinski definition) is 6. The summed E-state index contributed by atoms with van der Waals surface area (Å²) in [5.41, 5.74) is 1.59. The van der Waals surface area contributed by atoms with E-state index in [9.17, 15) is 8.42 Å². The second-order valence-corrected chi connectivity index (χ2v) is 7.67. The topological polar surface area (TPSA) is 90.9 Å². The summed E-state index contributed by atoms with van der Waals surface area (Å²) in [5.74, 6) is 0.622. The Balaban J connectivity index is 2.38. The molecule has 0 N–H and O–H groups in total. The molecule has 7 nitrogen and oxygen atoms in total. The number of nitrogens with zero attached hydrogens (tertiary/aromatic N) is 4. The third-order valence-electron chi connectivity index (χ3n) is 3.38. The number of imidazole rings is 1. The predicted molar refractivity (Wildman–Crippen MR) is 81.1 cm³/mol. The van der Waals surface area contributed by atoms with Gasteiger partial charge >= 0.3 is 0 Å². The second-order valence-electron chi connectivity index (χ2n) is 5.79. The summed E-state index contributed by atoms with van der Waals surface area (Å²) in [6.45, 7) is 10.2. The molecule has 122 valence electrons. The Labute approximate surface area is 130 Å². The molecule has 2 aromatic heterocycles. The van der Waals surface area contributed by atoms with Crippen molar-refractivity contribution in [2.45, 2.75) is 58.5 Å². The molecule has 2 rings (SSSR count). The van der Waals surface area contributed by atoms with Gasteiger partial charge in [-0.25, -0.2) is 13.4 Å². The van der Waals surface area contributed by atoms with Gasteiger partial charge in [-0.15, -0.1) is 0 Å². The van der Waals surface area contributed by atoms with Crippen molar-refractivity contribution in [1.82, 2.24) is 19.7 Å². The van der Waals surface area contributed by atoms with Gasteiger partial charge in [-0.1, -0.05) is 25.9 Å². The van der Waals surface area contributed by atoms with Crippen LogP contribution in [0.15, 0.2) is 9.68 Å². The molecule has 0 bridgehead atoms. The summed E-state index contributed by atoms with van der Waals surface area (Å²) in [6, 6.07) is 0. The van der Waals surface area contributed by atoms with Crippen LogP contribution < -0.4 is 0 Å². The summed E-state index contributed by atoms with van der Waals surface area (Å²) in [4.78, 5) is 8.31. The molecule has 0 amide bonds. The summed E-state index contributed by atoms with van der Waals surface area (Å²) in [5, 5.41) is 3.80. The van der Waals surface area contributed by atoms with Gasteiger partial charge in [0.15, 0.2) is 5.82 Å². The van der Waals surface area contributed by atoms with Gasteiger partial charge in [0.1, 0.15) is 5.75 Å². The zero-order valence-electron chi connectivity index (χ0n) is 13.6. The van der Waals surface area contributed by atoms with E-state index in [4.69, 9.17) is 4.52 Å². The van der Waals surface area contributed by atoms with Gasteiger partial charge in [0, 0.05) is 18.7 Å². The van der Waals surface area contributed by atoms with Crippen molar-refractivity contribution in [2.75, 3.05) is 0 Å². The Morgan fingerprint density at radius 3 is 2.45 bits per heavy atom. The Morgan fingerprint density at radius 2 is 1.91 bits per heavy atom. The van der Waals surface area contributed by atoms with Gasteiger partial charge in [-0.05, 0) is 19.8 Å². The summed E-state index contributed by atoms with van der Waals surface area (Å²) in [6.07, 6.45) is 0.577. The summed E-state index contributed by atoms with van der Waals surface area (Å²) in [7, 11) is -3.62. The molecule has 0 unspecified atom stereocenters. The molecule has 0 saturated carbocycles. The maximum absolute atomic E-state index is 12.7. The van der Waals surface area contributed by atoms with Crippen molar-refractivity contribution in [3.05, 3.63) is 23.1 Å². The monoisotopic (exact) mass is 326 g/mol. The molecule has 2 heterocycles. The molecule has 0 radical (unpaired) electrons. The maximum Gasteiger partial charge on any atom is 0.228 e. The highest BCUT2D eigenvalue weighted by atomic mass is 32.2. The predicted octanol–water partition coefficient (Wildman–Crippen LogP) is 2.08. The first kappa shape index (κ1) is 16.7. The van der Waals surface area contributed by atoms with E-state index in [1.165, 1.54) is 0 Å². The van der Waals surface area contributed by atoms with Crippen molar-refractivity contribution < 1.29 is 12.9 Å². The van der Waals surface area contributed by atoms with E-state index < -0.39 is 9.84 Å². The molecule has 0 spiro atoms. The molecule has 0 aliphatic rings. The lowest BCUT2D eigenvalue weighted by molar-refractivity contribution is 0.377. The first-order chi connectivity index (χ1) is 10.2. The fraction of sp³-hybridized carbons (Fsp3) is 0.643. The Bertz CT molecular complexity index is 759. The molecule has 0 aliphatic carbocycles. The van der Waals surface area contributed by atoms with Crippen LogP contribution in [-0.4, -0.2) is 28.1 Å². The van der Waals surface area contributed by atoms with Gasteiger partial charge < -0.3 is 9.09 Å². The minimum Gasteiger partial charge on any atom is -0.339 e. The molecule has 0 aliphatic heterocycles. The SMILES string of the molecule is CCc1nc(CS(=O)(=O)c2nc(C)c(C)n2CC(C)C)no1. The average Bonchev–Trinajstić information content (AvgIpc) is 2.97. The van der Waals surface area contributed by atoms with E-state index in [0.29, 0.717) is 24.8 Å². The Morgan fingerprint density at radius 1 is 1.23 bits per heavy atom. The molecule has 0 fully saturated rings. The van der Waals surface area contributed by atoms with Crippen LogP contribution >= 0.6 is 0 Å². The van der Waals surface area contributed by atoms with E-state index in [-0.39, 0.29) is 16.7 Å². The van der Waals surface area contributed by atoms with Crippen LogP contribution in [-0.2, 0) is 28.6 Å². The summed E-state index contributed by atoms with van der Waals surface area (Å²) < 4.78 is 32.1. The number of aryl methyl sites for hydroxylation is 2. The number of rotatable bonds is 6. The second kappa shape index (κ2) is 6.20. The normalized spacial score (nSPS) is 12.3. The highest BCUT2D eigenvalue weighted by Crippen LogP contribution is 2.20. The fourth-order valence-electron chi connectivity index (χ4n) is 2.17. The van der Waals surface area contributed by atoms with Gasteiger partial charge in [0.25, 0.3) is 0 Å². The third-order valence-corrected chi connectivity index (χ3v) is 4.89. The zero-order chi connectivity index (χ0) is 16.5. The van der Waals surface area contributed by atoms with Gasteiger partial charge in [0.2, 0.25) is 20.9 Å². The summed E-state index contributed by atoms with van der Waals surface area (Å²) >= 11 is 0. The smallest absolute Gasteiger partial charge is 0.228 e. The molecule has 2 aromatic rings. The number of sulfone groups is 1. The highest BCUT2D eigenvalue weighted by Gasteiger charge is 2.27. The van der Waals surface area contributed by atoms with Crippen LogP contribution in [0.4, 0.5) is 0 Å². The van der Waals surface area contributed by atoms with Crippen LogP contribution in [0.1, 0.15) is 43.9 Å². The van der Waals surface area contributed by atoms with Crippen molar-refractivity contribution in [3.8, 4) is 0 Å². The molecule has 0 aromatic carbocycles. The molecule has 22 heavy (non-hydrogen) atoms. The molecular weight excluding hydrogens is 304 g/mol. The molecule has 0 saturated heterocycles. The maximum atomic E-state index is 12.7. The van der Waals surface area contributed by atoms with Gasteiger partial charge in [0.05, 0.1) is 5.69 Å². The lowest BCUT2D eigenvalue weighted by atomic mass is 10.2. The zero-order valence-corrected chi connectivity index (χ0v) is 14.4. The largest absolute Gasteiger partial charge is 0.339 e. The fourth-order valence-corrected chi connectivity index (χ4v) is 3.58. The first-order valence-electron chi connectivity index (χ1n) is 7.32. The van der Waals surface area contributed by atoms with E-state index in [0.717, 1.165) is 11.4 Å². The van der Waals surface area contributed by atoms with Crippen molar-refractivity contribution in [2.24, 2.45) is 5.92 Å². The first-order valence-corrected chi connectivity index (χ1v) is 8.97. The molecule has 0 atom stereocenters. The molecule has 8 heteroatoms. The van der Waals surface area contributed by atoms with Crippen molar-refractivity contribution in [1.29, 1.82) is 0 Å². The lowest BCUT2D eigenvalue weighted by Gasteiger charge is -2.12. The number of aromatic nitrogens is 4. The highest BCUT2D eigenvalue weighted by molar-refractivity contribution is 7.90. The Hall–Kier alpha value is -1.70. The van der Waals surface area contributed by atoms with E-state index in [2.05, 4.69) is 15.1 Å². The third kappa shape index (κ3) is 3.37. The van der Waals surface area contributed by atoms with Crippen LogP contribution in [0.3, 0.4) is 0 Å². The minimum absolute atomic E-state index is 0.0825. The van der Waals surface area contributed by atoms with Crippen molar-refractivity contribution >= 4 is 9.84 Å². The van der Waals surface area contributed by atoms with Crippen LogP contribution in [0.2, 0.25) is 0 Å². The lowest BCUT2D eigenvalue weighted by Crippen LogP contribution is -2.16. The quantitative estimate of drug-likeness (QED) is 0.807. The number of hydrogen-bond donors (Lipinski definition) is 0. The average molecular weight is 326 g/mol.